The Bertz CT molecular complexity index is 468. The lowest BCUT2D eigenvalue weighted by atomic mass is 9.98. The van der Waals surface area contributed by atoms with Crippen LogP contribution in [0.3, 0.4) is 0 Å². The number of aliphatic hydroxyl groups excluding tert-OH is 1. The molecule has 1 N–H and O–H groups in total. The van der Waals surface area contributed by atoms with Crippen LogP contribution in [0.2, 0.25) is 0 Å². The molecule has 20 heavy (non-hydrogen) atoms. The predicted molar refractivity (Wildman–Crippen MR) is 77.5 cm³/mol. The second-order valence-electron chi connectivity index (χ2n) is 6.16. The number of hydrogen-bond donors (Lipinski definition) is 1. The summed E-state index contributed by atoms with van der Waals surface area (Å²) in [6.07, 6.45) is 3.66. The topological polar surface area (TPSA) is 58.4 Å². The molecule has 0 saturated carbocycles. The van der Waals surface area contributed by atoms with Gasteiger partial charge in [-0.3, -0.25) is 9.48 Å². The van der Waals surface area contributed by atoms with E-state index < -0.39 is 0 Å². The molecule has 1 aliphatic heterocycles. The van der Waals surface area contributed by atoms with Gasteiger partial charge in [0, 0.05) is 31.9 Å². The van der Waals surface area contributed by atoms with E-state index >= 15 is 0 Å². The lowest BCUT2D eigenvalue weighted by Crippen LogP contribution is -2.41. The zero-order valence-corrected chi connectivity index (χ0v) is 12.7. The molecule has 0 radical (unpaired) electrons. The number of amides is 1. The Morgan fingerprint density at radius 1 is 1.55 bits per heavy atom. The number of rotatable bonds is 4. The lowest BCUT2D eigenvalue weighted by molar-refractivity contribution is 0.0620. The average molecular weight is 279 g/mol. The number of aliphatic hydroxyl groups is 1. The molecule has 2 heterocycles. The summed E-state index contributed by atoms with van der Waals surface area (Å²) in [6.45, 7) is 8.66. The quantitative estimate of drug-likeness (QED) is 0.912. The van der Waals surface area contributed by atoms with E-state index in [2.05, 4.69) is 18.9 Å². The Hall–Kier alpha value is -1.36. The van der Waals surface area contributed by atoms with Crippen LogP contribution in [0.25, 0.3) is 0 Å². The molecular weight excluding hydrogens is 254 g/mol. The maximum atomic E-state index is 12.6. The van der Waals surface area contributed by atoms with Gasteiger partial charge >= 0.3 is 0 Å². The summed E-state index contributed by atoms with van der Waals surface area (Å²) in [5, 5.41) is 13.6. The molecular formula is C15H25N3O2. The van der Waals surface area contributed by atoms with Crippen molar-refractivity contribution in [2.24, 2.45) is 11.8 Å². The van der Waals surface area contributed by atoms with E-state index in [1.54, 1.807) is 6.20 Å². The van der Waals surface area contributed by atoms with Crippen molar-refractivity contribution in [3.8, 4) is 0 Å². The van der Waals surface area contributed by atoms with Gasteiger partial charge < -0.3 is 10.0 Å². The summed E-state index contributed by atoms with van der Waals surface area (Å²) in [4.78, 5) is 14.4. The number of aromatic nitrogens is 2. The number of carbonyl (C=O) groups excluding carboxylic acids is 1. The van der Waals surface area contributed by atoms with Crippen LogP contribution < -0.4 is 0 Å². The molecule has 1 amide bonds. The fourth-order valence-corrected chi connectivity index (χ4v) is 2.76. The molecule has 5 heteroatoms. The van der Waals surface area contributed by atoms with Gasteiger partial charge in [0.1, 0.15) is 0 Å². The molecule has 0 aliphatic carbocycles. The van der Waals surface area contributed by atoms with E-state index in [0.29, 0.717) is 18.0 Å². The molecule has 1 saturated heterocycles. The molecule has 1 unspecified atom stereocenters. The van der Waals surface area contributed by atoms with Gasteiger partial charge in [-0.2, -0.15) is 5.10 Å². The molecule has 1 atom stereocenters. The first-order chi connectivity index (χ1) is 9.52. The highest BCUT2D eigenvalue weighted by Crippen LogP contribution is 2.19. The molecule has 5 nitrogen and oxygen atoms in total. The van der Waals surface area contributed by atoms with Crippen molar-refractivity contribution in [3.63, 3.8) is 0 Å². The van der Waals surface area contributed by atoms with Crippen LogP contribution in [-0.2, 0) is 6.54 Å². The second-order valence-corrected chi connectivity index (χ2v) is 6.16. The first kappa shape index (κ1) is 15.0. The highest BCUT2D eigenvalue weighted by molar-refractivity contribution is 5.95. The summed E-state index contributed by atoms with van der Waals surface area (Å²) in [5.41, 5.74) is 1.64. The Morgan fingerprint density at radius 3 is 2.95 bits per heavy atom. The van der Waals surface area contributed by atoms with E-state index in [0.717, 1.165) is 31.6 Å². The van der Waals surface area contributed by atoms with Crippen molar-refractivity contribution in [1.82, 2.24) is 14.7 Å². The zero-order valence-electron chi connectivity index (χ0n) is 12.7. The predicted octanol–water partition coefficient (Wildman–Crippen LogP) is 1.69. The molecule has 2 rings (SSSR count). The number of likely N-dealkylation sites (tertiary alicyclic amines) is 1. The summed E-state index contributed by atoms with van der Waals surface area (Å²) >= 11 is 0. The highest BCUT2D eigenvalue weighted by Gasteiger charge is 2.26. The maximum Gasteiger partial charge on any atom is 0.257 e. The Kier molecular flexibility index (Phi) is 4.81. The normalized spacial score (nSPS) is 19.6. The molecule has 0 bridgehead atoms. The van der Waals surface area contributed by atoms with Crippen LogP contribution in [0, 0.1) is 18.8 Å². The lowest BCUT2D eigenvalue weighted by Gasteiger charge is -2.31. The number of carbonyl (C=O) groups is 1. The number of hydrogen-bond acceptors (Lipinski definition) is 3. The van der Waals surface area contributed by atoms with E-state index in [4.69, 9.17) is 0 Å². The van der Waals surface area contributed by atoms with Gasteiger partial charge in [-0.05, 0) is 31.6 Å². The van der Waals surface area contributed by atoms with E-state index in [9.17, 15) is 9.90 Å². The van der Waals surface area contributed by atoms with E-state index in [1.165, 1.54) is 0 Å². The standard InChI is InChI=1S/C15H25N3O2/c1-11(2)8-18-12(3)14(7-16-18)15(20)17-6-4-5-13(9-17)10-19/h7,11,13,19H,4-6,8-10H2,1-3H3. The molecule has 0 aromatic carbocycles. The summed E-state index contributed by atoms with van der Waals surface area (Å²) in [7, 11) is 0. The van der Waals surface area contributed by atoms with Crippen molar-refractivity contribution in [1.29, 1.82) is 0 Å². The molecule has 112 valence electrons. The maximum absolute atomic E-state index is 12.6. The molecule has 1 aliphatic rings. The van der Waals surface area contributed by atoms with Crippen LogP contribution >= 0.6 is 0 Å². The van der Waals surface area contributed by atoms with Crippen molar-refractivity contribution in [2.45, 2.75) is 40.2 Å². The van der Waals surface area contributed by atoms with E-state index in [-0.39, 0.29) is 18.4 Å². The number of piperidine rings is 1. The summed E-state index contributed by atoms with van der Waals surface area (Å²) < 4.78 is 1.91. The van der Waals surface area contributed by atoms with Crippen LogP contribution in [0.1, 0.15) is 42.7 Å². The van der Waals surface area contributed by atoms with Crippen LogP contribution in [0.5, 0.6) is 0 Å². The highest BCUT2D eigenvalue weighted by atomic mass is 16.3. The van der Waals surface area contributed by atoms with E-state index in [1.807, 2.05) is 16.5 Å². The van der Waals surface area contributed by atoms with Crippen LogP contribution in [0.15, 0.2) is 6.20 Å². The third-order valence-corrected chi connectivity index (χ3v) is 3.94. The minimum absolute atomic E-state index is 0.0515. The molecule has 1 aromatic heterocycles. The van der Waals surface area contributed by atoms with Gasteiger partial charge in [-0.15, -0.1) is 0 Å². The first-order valence-corrected chi connectivity index (χ1v) is 7.45. The van der Waals surface area contributed by atoms with Gasteiger partial charge in [-0.25, -0.2) is 0 Å². The van der Waals surface area contributed by atoms with Crippen LogP contribution in [-0.4, -0.2) is 45.4 Å². The minimum atomic E-state index is 0.0515. The molecule has 1 fully saturated rings. The smallest absolute Gasteiger partial charge is 0.257 e. The van der Waals surface area contributed by atoms with Gasteiger partial charge in [0.05, 0.1) is 11.8 Å². The van der Waals surface area contributed by atoms with Gasteiger partial charge in [0.25, 0.3) is 5.91 Å². The largest absolute Gasteiger partial charge is 0.396 e. The zero-order chi connectivity index (χ0) is 14.7. The van der Waals surface area contributed by atoms with Crippen molar-refractivity contribution in [3.05, 3.63) is 17.5 Å². The van der Waals surface area contributed by atoms with Crippen molar-refractivity contribution < 1.29 is 9.90 Å². The SMILES string of the molecule is Cc1c(C(=O)N2CCCC(CO)C2)cnn1CC(C)C. The molecule has 0 spiro atoms. The average Bonchev–Trinajstić information content (AvgIpc) is 2.79. The molecule has 1 aromatic rings. The first-order valence-electron chi connectivity index (χ1n) is 7.45. The van der Waals surface area contributed by atoms with Gasteiger partial charge in [0.15, 0.2) is 0 Å². The second kappa shape index (κ2) is 6.39. The van der Waals surface area contributed by atoms with Crippen molar-refractivity contribution in [2.75, 3.05) is 19.7 Å². The summed E-state index contributed by atoms with van der Waals surface area (Å²) in [5.74, 6) is 0.777. The summed E-state index contributed by atoms with van der Waals surface area (Å²) in [6, 6.07) is 0. The minimum Gasteiger partial charge on any atom is -0.396 e. The number of nitrogens with zero attached hydrogens (tertiary/aromatic N) is 3. The third-order valence-electron chi connectivity index (χ3n) is 3.94. The fourth-order valence-electron chi connectivity index (χ4n) is 2.76. The Morgan fingerprint density at radius 2 is 2.30 bits per heavy atom. The van der Waals surface area contributed by atoms with Gasteiger partial charge in [-0.1, -0.05) is 13.8 Å². The Labute approximate surface area is 120 Å². The van der Waals surface area contributed by atoms with Gasteiger partial charge in [0.2, 0.25) is 0 Å². The van der Waals surface area contributed by atoms with Crippen molar-refractivity contribution >= 4 is 5.91 Å². The van der Waals surface area contributed by atoms with Crippen LogP contribution in [0.4, 0.5) is 0 Å². The fraction of sp³-hybridized carbons (Fsp3) is 0.733. The monoisotopic (exact) mass is 279 g/mol. The third kappa shape index (κ3) is 3.20. The Balaban J connectivity index is 2.11.